The summed E-state index contributed by atoms with van der Waals surface area (Å²) in [5.74, 6) is 1.40. The van der Waals surface area contributed by atoms with Gasteiger partial charge in [-0.25, -0.2) is 0 Å². The molecule has 2 atom stereocenters. The highest BCUT2D eigenvalue weighted by atomic mass is 16.2. The average Bonchev–Trinajstić information content (AvgIpc) is 3.48. The van der Waals surface area contributed by atoms with Crippen LogP contribution in [0.5, 0.6) is 0 Å². The first-order chi connectivity index (χ1) is 12.7. The van der Waals surface area contributed by atoms with E-state index in [0.29, 0.717) is 17.5 Å². The number of hydrogen-bond acceptors (Lipinski definition) is 3. The molecule has 5 nitrogen and oxygen atoms in total. The Morgan fingerprint density at radius 2 is 1.92 bits per heavy atom. The summed E-state index contributed by atoms with van der Waals surface area (Å²) in [5, 5.41) is 0. The zero-order valence-corrected chi connectivity index (χ0v) is 15.5. The summed E-state index contributed by atoms with van der Waals surface area (Å²) in [4.78, 5) is 33.4. The zero-order chi connectivity index (χ0) is 17.7. The highest BCUT2D eigenvalue weighted by Gasteiger charge is 2.39. The van der Waals surface area contributed by atoms with E-state index in [1.807, 2.05) is 11.0 Å². The number of amides is 1. The van der Waals surface area contributed by atoms with Crippen molar-refractivity contribution < 1.29 is 4.79 Å². The Hall–Kier alpha value is -1.62. The van der Waals surface area contributed by atoms with Crippen LogP contribution < -0.4 is 5.56 Å². The topological polar surface area (TPSA) is 56.4 Å². The molecule has 6 rings (SSSR count). The molecule has 4 fully saturated rings. The number of pyridine rings is 1. The van der Waals surface area contributed by atoms with Gasteiger partial charge in [-0.2, -0.15) is 0 Å². The van der Waals surface area contributed by atoms with Crippen LogP contribution in [0.15, 0.2) is 10.9 Å². The SMILES string of the molecule is O=C(c1cc2c([nH]c1=O)CCCC2)N1C[C@H]2CC[C@@H](C1)N(CC1CC1)C2. The lowest BCUT2D eigenvalue weighted by molar-refractivity contribution is 0.0734. The average molecular weight is 355 g/mol. The summed E-state index contributed by atoms with van der Waals surface area (Å²) in [6.45, 7) is 3.94. The van der Waals surface area contributed by atoms with Gasteiger partial charge in [0.25, 0.3) is 11.5 Å². The van der Waals surface area contributed by atoms with Crippen molar-refractivity contribution in [2.24, 2.45) is 11.8 Å². The molecule has 26 heavy (non-hydrogen) atoms. The maximum atomic E-state index is 13.2. The predicted molar refractivity (Wildman–Crippen MR) is 100 cm³/mol. The first-order valence-corrected chi connectivity index (χ1v) is 10.5. The number of hydrogen-bond donors (Lipinski definition) is 1. The number of aromatic nitrogens is 1. The summed E-state index contributed by atoms with van der Waals surface area (Å²) >= 11 is 0. The normalized spacial score (nSPS) is 28.7. The van der Waals surface area contributed by atoms with Crippen LogP contribution in [0.1, 0.15) is 60.1 Å². The monoisotopic (exact) mass is 355 g/mol. The maximum absolute atomic E-state index is 13.2. The summed E-state index contributed by atoms with van der Waals surface area (Å²) in [6, 6.07) is 2.37. The van der Waals surface area contributed by atoms with Crippen LogP contribution in [0.2, 0.25) is 0 Å². The molecule has 140 valence electrons. The molecular formula is C21H29N3O2. The van der Waals surface area contributed by atoms with Gasteiger partial charge >= 0.3 is 0 Å². The molecule has 0 radical (unpaired) electrons. The number of rotatable bonds is 3. The second-order valence-electron chi connectivity index (χ2n) is 8.93. The molecule has 0 aromatic carbocycles. The number of fused-ring (bicyclic) bond motifs is 5. The van der Waals surface area contributed by atoms with E-state index in [-0.39, 0.29) is 11.5 Å². The van der Waals surface area contributed by atoms with Gasteiger partial charge in [-0.05, 0) is 74.8 Å². The molecule has 0 unspecified atom stereocenters. The largest absolute Gasteiger partial charge is 0.337 e. The number of carbonyl (C=O) groups excluding carboxylic acids is 1. The second kappa shape index (κ2) is 6.52. The molecule has 5 aliphatic rings. The first-order valence-electron chi connectivity index (χ1n) is 10.5. The molecule has 0 spiro atoms. The van der Waals surface area contributed by atoms with Crippen molar-refractivity contribution >= 4 is 5.91 Å². The number of aryl methyl sites for hydroxylation is 2. The van der Waals surface area contributed by atoms with Gasteiger partial charge in [-0.3, -0.25) is 14.5 Å². The van der Waals surface area contributed by atoms with Crippen LogP contribution in [0, 0.1) is 11.8 Å². The van der Waals surface area contributed by atoms with Gasteiger partial charge in [-0.15, -0.1) is 0 Å². The minimum Gasteiger partial charge on any atom is -0.337 e. The quantitative estimate of drug-likeness (QED) is 0.904. The Morgan fingerprint density at radius 1 is 1.08 bits per heavy atom. The van der Waals surface area contributed by atoms with Crippen molar-refractivity contribution in [3.05, 3.63) is 33.2 Å². The summed E-state index contributed by atoms with van der Waals surface area (Å²) < 4.78 is 0. The van der Waals surface area contributed by atoms with Crippen molar-refractivity contribution in [1.82, 2.24) is 14.8 Å². The van der Waals surface area contributed by atoms with Gasteiger partial charge in [-0.1, -0.05) is 0 Å². The van der Waals surface area contributed by atoms with Crippen LogP contribution in [0.25, 0.3) is 0 Å². The molecule has 1 amide bonds. The molecule has 1 N–H and O–H groups in total. The lowest BCUT2D eigenvalue weighted by Crippen LogP contribution is -2.45. The minimum absolute atomic E-state index is 0.0511. The van der Waals surface area contributed by atoms with Gasteiger partial charge in [0.15, 0.2) is 0 Å². The van der Waals surface area contributed by atoms with E-state index in [9.17, 15) is 9.59 Å². The highest BCUT2D eigenvalue weighted by Crippen LogP contribution is 2.35. The van der Waals surface area contributed by atoms with Crippen LogP contribution in [0.3, 0.4) is 0 Å². The van der Waals surface area contributed by atoms with Crippen molar-refractivity contribution in [2.75, 3.05) is 26.2 Å². The third kappa shape index (κ3) is 3.11. The Kier molecular flexibility index (Phi) is 4.15. The number of piperidine rings is 1. The van der Waals surface area contributed by atoms with Crippen molar-refractivity contribution in [3.8, 4) is 0 Å². The summed E-state index contributed by atoms with van der Waals surface area (Å²) in [5.41, 5.74) is 2.39. The third-order valence-electron chi connectivity index (χ3n) is 6.87. The molecule has 3 saturated heterocycles. The molecule has 5 heteroatoms. The van der Waals surface area contributed by atoms with Gasteiger partial charge in [0.2, 0.25) is 0 Å². The summed E-state index contributed by atoms with van der Waals surface area (Å²) in [7, 11) is 0. The highest BCUT2D eigenvalue weighted by molar-refractivity contribution is 5.94. The minimum atomic E-state index is -0.193. The van der Waals surface area contributed by atoms with Crippen LogP contribution in [0.4, 0.5) is 0 Å². The van der Waals surface area contributed by atoms with Gasteiger partial charge in [0.1, 0.15) is 5.56 Å². The van der Waals surface area contributed by atoms with E-state index < -0.39 is 0 Å². The Morgan fingerprint density at radius 3 is 2.77 bits per heavy atom. The number of H-pyrrole nitrogens is 1. The fourth-order valence-electron chi connectivity index (χ4n) is 5.20. The first kappa shape index (κ1) is 16.5. The predicted octanol–water partition coefficient (Wildman–Crippen LogP) is 2.20. The van der Waals surface area contributed by atoms with Gasteiger partial charge in [0.05, 0.1) is 0 Å². The molecule has 3 aliphatic heterocycles. The van der Waals surface area contributed by atoms with Crippen molar-refractivity contribution in [3.63, 3.8) is 0 Å². The standard InChI is InChI=1S/C21H29N3O2/c25-20-18(9-16-3-1-2-4-19(16)22-20)21(26)24-12-15-7-8-17(13-24)23(11-15)10-14-5-6-14/h9,14-15,17H,1-8,10-13H2,(H,22,25)/t15-,17-/m0/s1. The molecule has 2 aliphatic carbocycles. The van der Waals surface area contributed by atoms with E-state index in [0.717, 1.165) is 56.9 Å². The third-order valence-corrected chi connectivity index (χ3v) is 6.87. The number of nitrogens with one attached hydrogen (secondary N) is 1. The van der Waals surface area contributed by atoms with E-state index in [1.54, 1.807) is 0 Å². The van der Waals surface area contributed by atoms with Crippen molar-refractivity contribution in [1.29, 1.82) is 0 Å². The van der Waals surface area contributed by atoms with E-state index >= 15 is 0 Å². The van der Waals surface area contributed by atoms with E-state index in [2.05, 4.69) is 9.88 Å². The zero-order valence-electron chi connectivity index (χ0n) is 15.5. The number of aromatic amines is 1. The number of nitrogens with zero attached hydrogens (tertiary/aromatic N) is 2. The fraction of sp³-hybridized carbons (Fsp3) is 0.714. The fourth-order valence-corrected chi connectivity index (χ4v) is 5.20. The molecule has 1 aromatic rings. The molecular weight excluding hydrogens is 326 g/mol. The summed E-state index contributed by atoms with van der Waals surface area (Å²) in [6.07, 6.45) is 9.36. The van der Waals surface area contributed by atoms with E-state index in [4.69, 9.17) is 0 Å². The number of carbonyl (C=O) groups is 1. The van der Waals surface area contributed by atoms with Gasteiger partial charge < -0.3 is 9.88 Å². The lowest BCUT2D eigenvalue weighted by atomic mass is 9.94. The Bertz CT molecular complexity index is 767. The van der Waals surface area contributed by atoms with Crippen molar-refractivity contribution in [2.45, 2.75) is 57.4 Å². The van der Waals surface area contributed by atoms with Gasteiger partial charge in [0, 0.05) is 37.9 Å². The van der Waals surface area contributed by atoms with Crippen LogP contribution >= 0.6 is 0 Å². The van der Waals surface area contributed by atoms with Crippen LogP contribution in [-0.2, 0) is 12.8 Å². The Balaban J connectivity index is 1.38. The molecule has 4 heterocycles. The molecule has 2 bridgehead atoms. The van der Waals surface area contributed by atoms with E-state index in [1.165, 1.54) is 37.8 Å². The smallest absolute Gasteiger partial charge is 0.261 e. The van der Waals surface area contributed by atoms with Crippen LogP contribution in [-0.4, -0.2) is 52.9 Å². The molecule has 1 saturated carbocycles. The Labute approximate surface area is 154 Å². The maximum Gasteiger partial charge on any atom is 0.261 e. The molecule has 1 aromatic heterocycles. The lowest BCUT2D eigenvalue weighted by Gasteiger charge is -2.36. The second-order valence-corrected chi connectivity index (χ2v) is 8.93.